The maximum absolute atomic E-state index is 12.2. The quantitative estimate of drug-likeness (QED) is 0.375. The molecule has 0 bridgehead atoms. The SMILES string of the molecule is Nc1nnc(SCC(=O)OCC(=O)Nc2ccccc2Sc2ccc(Cl)cc2)s1. The molecule has 3 N–H and O–H groups in total. The Bertz CT molecular complexity index is 998. The first kappa shape index (κ1) is 21.4. The van der Waals surface area contributed by atoms with Gasteiger partial charge in [0, 0.05) is 14.8 Å². The van der Waals surface area contributed by atoms with Crippen LogP contribution in [0.1, 0.15) is 0 Å². The molecule has 0 spiro atoms. The van der Waals surface area contributed by atoms with Crippen LogP contribution in [0.4, 0.5) is 10.8 Å². The molecule has 2 aromatic carbocycles. The Labute approximate surface area is 184 Å². The lowest BCUT2D eigenvalue weighted by Gasteiger charge is -2.11. The minimum absolute atomic E-state index is 0.0188. The van der Waals surface area contributed by atoms with Gasteiger partial charge < -0.3 is 15.8 Å². The van der Waals surface area contributed by atoms with Gasteiger partial charge in [-0.05, 0) is 36.4 Å². The highest BCUT2D eigenvalue weighted by Crippen LogP contribution is 2.33. The van der Waals surface area contributed by atoms with Crippen LogP contribution in [0.2, 0.25) is 5.02 Å². The van der Waals surface area contributed by atoms with E-state index in [1.54, 1.807) is 18.2 Å². The van der Waals surface area contributed by atoms with E-state index in [1.165, 1.54) is 23.1 Å². The van der Waals surface area contributed by atoms with Crippen molar-refractivity contribution in [3.8, 4) is 0 Å². The number of rotatable bonds is 8. The Hall–Kier alpha value is -2.27. The molecule has 0 aliphatic rings. The summed E-state index contributed by atoms with van der Waals surface area (Å²) in [5, 5.41) is 11.2. The van der Waals surface area contributed by atoms with Crippen molar-refractivity contribution < 1.29 is 14.3 Å². The third kappa shape index (κ3) is 6.93. The predicted molar refractivity (Wildman–Crippen MR) is 117 cm³/mol. The summed E-state index contributed by atoms with van der Waals surface area (Å²) in [6.07, 6.45) is 0. The van der Waals surface area contributed by atoms with Crippen molar-refractivity contribution in [2.75, 3.05) is 23.4 Å². The lowest BCUT2D eigenvalue weighted by Crippen LogP contribution is -2.21. The summed E-state index contributed by atoms with van der Waals surface area (Å²) in [5.74, 6) is -0.930. The van der Waals surface area contributed by atoms with E-state index >= 15 is 0 Å². The fourth-order valence-corrected chi connectivity index (χ4v) is 4.52. The zero-order valence-electron chi connectivity index (χ0n) is 14.8. The molecule has 7 nitrogen and oxygen atoms in total. The Morgan fingerprint density at radius 3 is 2.62 bits per heavy atom. The van der Waals surface area contributed by atoms with Gasteiger partial charge in [0.05, 0.1) is 11.4 Å². The molecular formula is C18H15ClN4O3S3. The molecule has 1 aromatic heterocycles. The van der Waals surface area contributed by atoms with Crippen LogP contribution in [0, 0.1) is 0 Å². The normalized spacial score (nSPS) is 10.5. The van der Waals surface area contributed by atoms with Crippen LogP contribution in [-0.4, -0.2) is 34.4 Å². The van der Waals surface area contributed by atoms with Crippen LogP contribution >= 0.6 is 46.5 Å². The van der Waals surface area contributed by atoms with Crippen molar-refractivity contribution in [1.29, 1.82) is 0 Å². The summed E-state index contributed by atoms with van der Waals surface area (Å²) in [5.41, 5.74) is 6.11. The first-order valence-corrected chi connectivity index (χ1v) is 11.2. The molecule has 0 unspecified atom stereocenters. The summed E-state index contributed by atoms with van der Waals surface area (Å²) < 4.78 is 5.57. The monoisotopic (exact) mass is 466 g/mol. The fraction of sp³-hybridized carbons (Fsp3) is 0.111. The number of hydrogen-bond donors (Lipinski definition) is 2. The summed E-state index contributed by atoms with van der Waals surface area (Å²) in [6.45, 7) is -0.377. The highest BCUT2D eigenvalue weighted by Gasteiger charge is 2.12. The van der Waals surface area contributed by atoms with E-state index in [0.717, 1.165) is 21.6 Å². The molecule has 3 aromatic rings. The minimum atomic E-state index is -0.525. The predicted octanol–water partition coefficient (Wildman–Crippen LogP) is 4.20. The summed E-state index contributed by atoms with van der Waals surface area (Å²) in [4.78, 5) is 25.8. The molecule has 11 heteroatoms. The van der Waals surface area contributed by atoms with Gasteiger partial charge in [0.1, 0.15) is 0 Å². The molecule has 0 saturated heterocycles. The van der Waals surface area contributed by atoms with Crippen molar-refractivity contribution >= 4 is 69.2 Å². The van der Waals surface area contributed by atoms with E-state index in [2.05, 4.69) is 15.5 Å². The van der Waals surface area contributed by atoms with Gasteiger partial charge in [-0.3, -0.25) is 9.59 Å². The highest BCUT2D eigenvalue weighted by molar-refractivity contribution is 8.01. The molecule has 150 valence electrons. The number of hydrogen-bond acceptors (Lipinski definition) is 9. The van der Waals surface area contributed by atoms with Gasteiger partial charge in [-0.2, -0.15) is 0 Å². The van der Waals surface area contributed by atoms with Crippen molar-refractivity contribution in [3.05, 3.63) is 53.6 Å². The van der Waals surface area contributed by atoms with Crippen LogP contribution in [0.3, 0.4) is 0 Å². The van der Waals surface area contributed by atoms with Gasteiger partial charge in [-0.15, -0.1) is 10.2 Å². The third-order valence-electron chi connectivity index (χ3n) is 3.30. The number of carbonyl (C=O) groups excluding carboxylic acids is 2. The molecule has 1 heterocycles. The Morgan fingerprint density at radius 1 is 1.14 bits per heavy atom. The number of nitrogens with one attached hydrogen (secondary N) is 1. The number of halogens is 1. The van der Waals surface area contributed by atoms with Crippen LogP contribution in [0.15, 0.2) is 62.7 Å². The number of nitrogens with two attached hydrogens (primary N) is 1. The van der Waals surface area contributed by atoms with E-state index in [1.807, 2.05) is 30.3 Å². The molecule has 0 aliphatic heterocycles. The van der Waals surface area contributed by atoms with Crippen molar-refractivity contribution in [2.24, 2.45) is 0 Å². The molecule has 0 fully saturated rings. The van der Waals surface area contributed by atoms with Gasteiger partial charge >= 0.3 is 5.97 Å². The number of aromatic nitrogens is 2. The zero-order chi connectivity index (χ0) is 20.6. The van der Waals surface area contributed by atoms with Crippen LogP contribution < -0.4 is 11.1 Å². The summed E-state index contributed by atoms with van der Waals surface area (Å²) in [6, 6.07) is 14.8. The van der Waals surface area contributed by atoms with Gasteiger partial charge in [-0.1, -0.05) is 58.6 Å². The topological polar surface area (TPSA) is 107 Å². The maximum Gasteiger partial charge on any atom is 0.316 e. The first-order chi connectivity index (χ1) is 14.0. The second-order valence-electron chi connectivity index (χ2n) is 5.46. The average molecular weight is 467 g/mol. The number of para-hydroxylation sites is 1. The van der Waals surface area contributed by atoms with Crippen molar-refractivity contribution in [1.82, 2.24) is 10.2 Å². The number of nitrogens with zero attached hydrogens (tertiary/aromatic N) is 2. The summed E-state index contributed by atoms with van der Waals surface area (Å²) in [7, 11) is 0. The van der Waals surface area contributed by atoms with E-state index in [9.17, 15) is 9.59 Å². The molecular weight excluding hydrogens is 452 g/mol. The Kier molecular flexibility index (Phi) is 7.76. The van der Waals surface area contributed by atoms with E-state index in [-0.39, 0.29) is 12.4 Å². The number of esters is 1. The van der Waals surface area contributed by atoms with Crippen molar-refractivity contribution in [3.63, 3.8) is 0 Å². The lowest BCUT2D eigenvalue weighted by molar-refractivity contribution is -0.144. The fourth-order valence-electron chi connectivity index (χ4n) is 2.06. The Balaban J connectivity index is 1.50. The molecule has 0 atom stereocenters. The molecule has 0 saturated carbocycles. The lowest BCUT2D eigenvalue weighted by atomic mass is 10.3. The maximum atomic E-state index is 12.2. The molecule has 3 rings (SSSR count). The molecule has 29 heavy (non-hydrogen) atoms. The van der Waals surface area contributed by atoms with E-state index in [0.29, 0.717) is 20.2 Å². The third-order valence-corrected chi connectivity index (χ3v) is 6.50. The smallest absolute Gasteiger partial charge is 0.316 e. The zero-order valence-corrected chi connectivity index (χ0v) is 18.0. The van der Waals surface area contributed by atoms with E-state index in [4.69, 9.17) is 22.1 Å². The number of amides is 1. The van der Waals surface area contributed by atoms with Gasteiger partial charge in [0.25, 0.3) is 5.91 Å². The first-order valence-electron chi connectivity index (χ1n) is 8.19. The van der Waals surface area contributed by atoms with E-state index < -0.39 is 11.9 Å². The molecule has 0 radical (unpaired) electrons. The number of carbonyl (C=O) groups is 2. The average Bonchev–Trinajstić information content (AvgIpc) is 3.13. The van der Waals surface area contributed by atoms with Crippen LogP contribution in [-0.2, 0) is 14.3 Å². The molecule has 1 amide bonds. The number of nitrogen functional groups attached to an aromatic ring is 1. The van der Waals surface area contributed by atoms with Crippen LogP contribution in [0.5, 0.6) is 0 Å². The van der Waals surface area contributed by atoms with Crippen LogP contribution in [0.25, 0.3) is 0 Å². The Morgan fingerprint density at radius 2 is 1.90 bits per heavy atom. The largest absolute Gasteiger partial charge is 0.455 e. The molecule has 0 aliphatic carbocycles. The minimum Gasteiger partial charge on any atom is -0.455 e. The number of thioether (sulfide) groups is 1. The number of benzene rings is 2. The standard InChI is InChI=1S/C18H15ClN4O3S3/c19-11-5-7-12(8-6-11)28-14-4-2-1-3-13(14)21-15(24)9-26-16(25)10-27-18-23-22-17(20)29-18/h1-8H,9-10H2,(H2,20,22)(H,21,24). The number of ether oxygens (including phenoxy) is 1. The second kappa shape index (κ2) is 10.5. The van der Waals surface area contributed by atoms with Gasteiger partial charge in [0.2, 0.25) is 5.13 Å². The number of anilines is 2. The van der Waals surface area contributed by atoms with Gasteiger partial charge in [0.15, 0.2) is 10.9 Å². The highest BCUT2D eigenvalue weighted by atomic mass is 35.5. The summed E-state index contributed by atoms with van der Waals surface area (Å²) >= 11 is 9.74. The van der Waals surface area contributed by atoms with Gasteiger partial charge in [-0.25, -0.2) is 0 Å². The van der Waals surface area contributed by atoms with Crippen molar-refractivity contribution in [2.45, 2.75) is 14.1 Å². The second-order valence-corrected chi connectivity index (χ2v) is 9.24.